The van der Waals surface area contributed by atoms with Crippen molar-refractivity contribution < 1.29 is 54.0 Å². The summed E-state index contributed by atoms with van der Waals surface area (Å²) in [6.45, 7) is 4.98. The number of hydrogen-bond donors (Lipinski definition) is 1. The van der Waals surface area contributed by atoms with E-state index in [4.69, 9.17) is 9.29 Å². The van der Waals surface area contributed by atoms with E-state index in [1.165, 1.54) is 0 Å². The Labute approximate surface area is 174 Å². The highest BCUT2D eigenvalue weighted by atomic mass is 32.2. The Balaban J connectivity index is 1.89. The number of ether oxygens (including phenoxy) is 2. The van der Waals surface area contributed by atoms with Crippen LogP contribution in [0.4, 0.5) is 22.0 Å². The molecule has 0 saturated heterocycles. The molecular weight excluding hydrogens is 455 g/mol. The van der Waals surface area contributed by atoms with Gasteiger partial charge in [-0.1, -0.05) is 6.58 Å². The van der Waals surface area contributed by atoms with E-state index in [0.717, 1.165) is 6.08 Å². The summed E-state index contributed by atoms with van der Waals surface area (Å²) in [5.74, 6) is -3.28. The summed E-state index contributed by atoms with van der Waals surface area (Å²) in [6, 6.07) is 0. The Morgan fingerprint density at radius 2 is 1.65 bits per heavy atom. The molecule has 176 valence electrons. The molecule has 0 spiro atoms. The van der Waals surface area contributed by atoms with Crippen molar-refractivity contribution in [3.05, 3.63) is 12.7 Å². The minimum Gasteiger partial charge on any atom is -0.456 e. The summed E-state index contributed by atoms with van der Waals surface area (Å²) < 4.78 is 107. The molecule has 7 nitrogen and oxygen atoms in total. The lowest BCUT2D eigenvalue weighted by Gasteiger charge is -2.62. The van der Waals surface area contributed by atoms with Gasteiger partial charge < -0.3 is 9.47 Å². The van der Waals surface area contributed by atoms with Gasteiger partial charge in [-0.15, -0.1) is 0 Å². The molecule has 0 aromatic heterocycles. The molecule has 3 unspecified atom stereocenters. The van der Waals surface area contributed by atoms with Crippen LogP contribution in [0.25, 0.3) is 0 Å². The normalized spacial score (nSPS) is 36.0. The topological polar surface area (TPSA) is 107 Å². The van der Waals surface area contributed by atoms with E-state index in [1.54, 1.807) is 6.92 Å². The SMILES string of the molecule is C=CC(=O)OC1(C)C2CC3CC1CC(C(=O)OC(C(F)(F)F)C(F)(F)S(=O)(=O)O)(C3)C2. The molecular formula is C18H21F5O7S. The standard InChI is InChI=1S/C18H21F5O7S/c1-3-12(24)30-15(2)10-4-9-5-11(15)8-16(6-9,7-10)14(25)29-13(17(19,20)21)18(22,23)31(26,27)28/h3,9-11,13H,1,4-8H2,2H3,(H,26,27,28). The van der Waals surface area contributed by atoms with E-state index in [9.17, 15) is 40.0 Å². The second-order valence-corrected chi connectivity index (χ2v) is 10.3. The van der Waals surface area contributed by atoms with Gasteiger partial charge in [-0.05, 0) is 44.9 Å². The van der Waals surface area contributed by atoms with E-state index in [2.05, 4.69) is 11.3 Å². The van der Waals surface area contributed by atoms with Gasteiger partial charge in [0.2, 0.25) is 0 Å². The highest BCUT2D eigenvalue weighted by Crippen LogP contribution is 2.65. The van der Waals surface area contributed by atoms with Gasteiger partial charge >= 0.3 is 33.5 Å². The molecule has 0 aromatic rings. The molecule has 4 saturated carbocycles. The maximum Gasteiger partial charge on any atom is 0.432 e. The Kier molecular flexibility index (Phi) is 5.49. The monoisotopic (exact) mass is 476 g/mol. The van der Waals surface area contributed by atoms with E-state index in [1.807, 2.05) is 0 Å². The lowest BCUT2D eigenvalue weighted by Crippen LogP contribution is -2.64. The van der Waals surface area contributed by atoms with Crippen molar-refractivity contribution in [2.75, 3.05) is 0 Å². The first-order chi connectivity index (χ1) is 14.0. The van der Waals surface area contributed by atoms with Crippen LogP contribution in [0, 0.1) is 23.2 Å². The highest BCUT2D eigenvalue weighted by Gasteiger charge is 2.69. The number of halogens is 5. The summed E-state index contributed by atoms with van der Waals surface area (Å²) in [5.41, 5.74) is -2.55. The van der Waals surface area contributed by atoms with Crippen molar-refractivity contribution in [2.45, 2.75) is 62.2 Å². The van der Waals surface area contributed by atoms with Gasteiger partial charge in [0.05, 0.1) is 5.41 Å². The Bertz CT molecular complexity index is 881. The Morgan fingerprint density at radius 1 is 1.13 bits per heavy atom. The lowest BCUT2D eigenvalue weighted by atomic mass is 9.45. The maximum atomic E-state index is 13.8. The molecule has 3 atom stereocenters. The lowest BCUT2D eigenvalue weighted by molar-refractivity contribution is -0.271. The van der Waals surface area contributed by atoms with Crippen LogP contribution < -0.4 is 0 Å². The zero-order valence-electron chi connectivity index (χ0n) is 16.3. The van der Waals surface area contributed by atoms with Crippen LogP contribution in [0.1, 0.15) is 39.0 Å². The van der Waals surface area contributed by atoms with Crippen molar-refractivity contribution >= 4 is 22.1 Å². The number of carbonyl (C=O) groups excluding carboxylic acids is 2. The molecule has 13 heteroatoms. The largest absolute Gasteiger partial charge is 0.456 e. The molecule has 1 N–H and O–H groups in total. The van der Waals surface area contributed by atoms with E-state index in [0.29, 0.717) is 12.8 Å². The fraction of sp³-hybridized carbons (Fsp3) is 0.778. The predicted octanol–water partition coefficient (Wildman–Crippen LogP) is 3.26. The van der Waals surface area contributed by atoms with Gasteiger partial charge in [0.1, 0.15) is 5.60 Å². The van der Waals surface area contributed by atoms with Crippen LogP contribution in [-0.2, 0) is 29.2 Å². The van der Waals surface area contributed by atoms with Crippen molar-refractivity contribution in [3.63, 3.8) is 0 Å². The second kappa shape index (κ2) is 7.12. The molecule has 0 amide bonds. The Morgan fingerprint density at radius 3 is 2.06 bits per heavy atom. The number of rotatable bonds is 6. The molecule has 4 aliphatic carbocycles. The van der Waals surface area contributed by atoms with Crippen LogP contribution in [0.15, 0.2) is 12.7 Å². The minimum absolute atomic E-state index is 0.0677. The maximum absolute atomic E-state index is 13.8. The third-order valence-electron chi connectivity index (χ3n) is 6.90. The Hall–Kier alpha value is -1.76. The third-order valence-corrected chi connectivity index (χ3v) is 7.80. The van der Waals surface area contributed by atoms with Gasteiger partial charge in [-0.2, -0.15) is 30.4 Å². The summed E-state index contributed by atoms with van der Waals surface area (Å²) >= 11 is 0. The quantitative estimate of drug-likeness (QED) is 0.271. The summed E-state index contributed by atoms with van der Waals surface area (Å²) in [7, 11) is -6.52. The molecule has 0 aliphatic heterocycles. The van der Waals surface area contributed by atoms with Gasteiger partial charge in [-0.25, -0.2) is 4.79 Å². The van der Waals surface area contributed by atoms with Crippen molar-refractivity contribution in [2.24, 2.45) is 23.2 Å². The molecule has 0 aromatic carbocycles. The van der Waals surface area contributed by atoms with Gasteiger partial charge in [0.15, 0.2) is 0 Å². The average Bonchev–Trinajstić information content (AvgIpc) is 2.61. The molecule has 0 heterocycles. The second-order valence-electron chi connectivity index (χ2n) is 8.80. The van der Waals surface area contributed by atoms with E-state index >= 15 is 0 Å². The third kappa shape index (κ3) is 3.83. The minimum atomic E-state index is -6.52. The van der Waals surface area contributed by atoms with Crippen LogP contribution in [0.5, 0.6) is 0 Å². The highest BCUT2D eigenvalue weighted by molar-refractivity contribution is 7.86. The average molecular weight is 476 g/mol. The summed E-state index contributed by atoms with van der Waals surface area (Å²) in [6.07, 6.45) is -8.35. The number of esters is 2. The zero-order chi connectivity index (χ0) is 23.6. The van der Waals surface area contributed by atoms with Crippen molar-refractivity contribution in [1.29, 1.82) is 0 Å². The van der Waals surface area contributed by atoms with Crippen LogP contribution in [0.2, 0.25) is 0 Å². The summed E-state index contributed by atoms with van der Waals surface area (Å²) in [5, 5.41) is -5.78. The zero-order valence-corrected chi connectivity index (χ0v) is 17.1. The molecule has 4 fully saturated rings. The number of alkyl halides is 5. The first-order valence-electron chi connectivity index (χ1n) is 9.44. The van der Waals surface area contributed by atoms with Crippen LogP contribution >= 0.6 is 0 Å². The predicted molar refractivity (Wildman–Crippen MR) is 93.1 cm³/mol. The molecule has 4 aliphatic rings. The van der Waals surface area contributed by atoms with Gasteiger partial charge in [0, 0.05) is 17.9 Å². The van der Waals surface area contributed by atoms with Crippen molar-refractivity contribution in [3.8, 4) is 0 Å². The number of carbonyl (C=O) groups is 2. The van der Waals surface area contributed by atoms with E-state index in [-0.39, 0.29) is 25.2 Å². The molecule has 4 rings (SSSR count). The van der Waals surface area contributed by atoms with Crippen LogP contribution in [-0.4, -0.2) is 48.0 Å². The first kappa shape index (κ1) is 23.9. The fourth-order valence-electron chi connectivity index (χ4n) is 5.56. The van der Waals surface area contributed by atoms with Gasteiger partial charge in [0.25, 0.3) is 6.10 Å². The fourth-order valence-corrected chi connectivity index (χ4v) is 6.01. The molecule has 4 bridgehead atoms. The molecule has 31 heavy (non-hydrogen) atoms. The molecule has 0 radical (unpaired) electrons. The van der Waals surface area contributed by atoms with Gasteiger partial charge in [-0.3, -0.25) is 9.35 Å². The van der Waals surface area contributed by atoms with Crippen molar-refractivity contribution in [1.82, 2.24) is 0 Å². The number of hydrogen-bond acceptors (Lipinski definition) is 6. The summed E-state index contributed by atoms with van der Waals surface area (Å²) in [4.78, 5) is 24.5. The smallest absolute Gasteiger partial charge is 0.432 e. The first-order valence-corrected chi connectivity index (χ1v) is 10.9. The van der Waals surface area contributed by atoms with E-state index < -0.39 is 62.4 Å². The van der Waals surface area contributed by atoms with Crippen LogP contribution in [0.3, 0.4) is 0 Å².